The number of halogens is 2. The van der Waals surface area contributed by atoms with Crippen LogP contribution in [0.3, 0.4) is 0 Å². The summed E-state index contributed by atoms with van der Waals surface area (Å²) in [4.78, 5) is 4.56. The molecule has 1 heterocycles. The fourth-order valence-corrected chi connectivity index (χ4v) is 2.75. The Hall–Kier alpha value is -0.640. The highest BCUT2D eigenvalue weighted by Crippen LogP contribution is 2.34. The summed E-state index contributed by atoms with van der Waals surface area (Å²) in [6.45, 7) is 2.00. The van der Waals surface area contributed by atoms with Gasteiger partial charge in [-0.2, -0.15) is 0 Å². The second kappa shape index (κ2) is 5.55. The average Bonchev–Trinajstić information content (AvgIpc) is 2.34. The van der Waals surface area contributed by atoms with Crippen LogP contribution in [0.5, 0.6) is 0 Å². The van der Waals surface area contributed by atoms with E-state index < -0.39 is 0 Å². The summed E-state index contributed by atoms with van der Waals surface area (Å²) in [6.07, 6.45) is 2.40. The molecule has 5 heteroatoms. The van der Waals surface area contributed by atoms with Crippen LogP contribution in [0.25, 0.3) is 0 Å². The fraction of sp³-hybridized carbons (Fsp3) is 0.538. The lowest BCUT2D eigenvalue weighted by molar-refractivity contribution is 0.258. The Morgan fingerprint density at radius 1 is 1.28 bits per heavy atom. The summed E-state index contributed by atoms with van der Waals surface area (Å²) in [6, 6.07) is 4.17. The van der Waals surface area contributed by atoms with Gasteiger partial charge in [0.1, 0.15) is 0 Å². The monoisotopic (exact) mass is 287 g/mol. The van der Waals surface area contributed by atoms with Gasteiger partial charge in [0.05, 0.1) is 21.4 Å². The zero-order chi connectivity index (χ0) is 13.3. The molecule has 2 N–H and O–H groups in total. The molecule has 0 radical (unpaired) electrons. The van der Waals surface area contributed by atoms with Crippen molar-refractivity contribution >= 4 is 34.6 Å². The molecule has 0 saturated carbocycles. The van der Waals surface area contributed by atoms with Gasteiger partial charge in [0.2, 0.25) is 0 Å². The maximum atomic E-state index is 6.08. The average molecular weight is 288 g/mol. The van der Waals surface area contributed by atoms with E-state index in [1.807, 2.05) is 6.07 Å². The quantitative estimate of drug-likeness (QED) is 0.849. The minimum atomic E-state index is 0.513. The summed E-state index contributed by atoms with van der Waals surface area (Å²) in [7, 11) is 4.23. The van der Waals surface area contributed by atoms with Gasteiger partial charge in [0, 0.05) is 19.1 Å². The number of rotatable bonds is 2. The molecule has 0 spiro atoms. The van der Waals surface area contributed by atoms with Crippen LogP contribution in [0.4, 0.5) is 11.4 Å². The Bertz CT molecular complexity index is 434. The van der Waals surface area contributed by atoms with E-state index >= 15 is 0 Å². The molecule has 0 aliphatic carbocycles. The molecule has 1 aromatic rings. The summed E-state index contributed by atoms with van der Waals surface area (Å²) in [5.41, 5.74) is 7.74. The largest absolute Gasteiger partial charge is 0.397 e. The molecule has 1 fully saturated rings. The van der Waals surface area contributed by atoms with E-state index in [2.05, 4.69) is 23.9 Å². The molecule has 2 rings (SSSR count). The third kappa shape index (κ3) is 2.85. The number of hydrogen-bond donors (Lipinski definition) is 1. The first kappa shape index (κ1) is 13.8. The van der Waals surface area contributed by atoms with Crippen LogP contribution in [0.1, 0.15) is 12.8 Å². The van der Waals surface area contributed by atoms with Crippen LogP contribution < -0.4 is 10.6 Å². The molecule has 0 aromatic heterocycles. The minimum absolute atomic E-state index is 0.513. The van der Waals surface area contributed by atoms with Crippen molar-refractivity contribution < 1.29 is 0 Å². The number of hydrogen-bond acceptors (Lipinski definition) is 3. The third-order valence-electron chi connectivity index (χ3n) is 3.54. The maximum absolute atomic E-state index is 6.08. The van der Waals surface area contributed by atoms with Crippen molar-refractivity contribution in [3.05, 3.63) is 22.2 Å². The number of anilines is 2. The first-order valence-electron chi connectivity index (χ1n) is 6.15. The number of nitrogens with two attached hydrogens (primary N) is 1. The van der Waals surface area contributed by atoms with E-state index in [0.717, 1.165) is 18.8 Å². The highest BCUT2D eigenvalue weighted by atomic mass is 35.5. The highest BCUT2D eigenvalue weighted by molar-refractivity contribution is 6.42. The van der Waals surface area contributed by atoms with E-state index in [1.165, 1.54) is 12.8 Å². The summed E-state index contributed by atoms with van der Waals surface area (Å²) < 4.78 is 0. The number of likely N-dealkylation sites (N-methyl/N-ethyl adjacent to an activating group) is 1. The summed E-state index contributed by atoms with van der Waals surface area (Å²) in [5, 5.41) is 1.08. The molecule has 0 amide bonds. The van der Waals surface area contributed by atoms with Crippen LogP contribution in [0, 0.1) is 0 Å². The van der Waals surface area contributed by atoms with Crippen molar-refractivity contribution in [2.24, 2.45) is 0 Å². The predicted molar refractivity (Wildman–Crippen MR) is 79.8 cm³/mol. The smallest absolute Gasteiger partial charge is 0.0616 e. The lowest BCUT2D eigenvalue weighted by atomic mass is 10.0. The molecule has 1 aliphatic rings. The Kier molecular flexibility index (Phi) is 4.25. The zero-order valence-electron chi connectivity index (χ0n) is 10.8. The van der Waals surface area contributed by atoms with Gasteiger partial charge in [-0.3, -0.25) is 0 Å². The maximum Gasteiger partial charge on any atom is 0.0616 e. The van der Waals surface area contributed by atoms with Gasteiger partial charge in [-0.05, 0) is 39.1 Å². The fourth-order valence-electron chi connectivity index (χ4n) is 2.42. The van der Waals surface area contributed by atoms with Gasteiger partial charge in [0.15, 0.2) is 0 Å². The number of nitrogens with zero attached hydrogens (tertiary/aromatic N) is 2. The molecule has 1 aromatic carbocycles. The lowest BCUT2D eigenvalue weighted by Gasteiger charge is -2.38. The van der Waals surface area contributed by atoms with Gasteiger partial charge in [0.25, 0.3) is 0 Å². The molecule has 0 bridgehead atoms. The van der Waals surface area contributed by atoms with Gasteiger partial charge in [-0.25, -0.2) is 0 Å². The number of nitrogen functional groups attached to an aromatic ring is 1. The molecular weight excluding hydrogens is 269 g/mol. The van der Waals surface area contributed by atoms with Crippen LogP contribution in [0.15, 0.2) is 12.1 Å². The molecule has 1 aliphatic heterocycles. The van der Waals surface area contributed by atoms with E-state index in [9.17, 15) is 0 Å². The SMILES string of the molecule is CN(C)C1CCCN(c2cc(Cl)c(Cl)cc2N)C1. The van der Waals surface area contributed by atoms with Crippen molar-refractivity contribution in [2.75, 3.05) is 37.8 Å². The minimum Gasteiger partial charge on any atom is -0.397 e. The van der Waals surface area contributed by atoms with Gasteiger partial charge < -0.3 is 15.5 Å². The zero-order valence-corrected chi connectivity index (χ0v) is 12.3. The topological polar surface area (TPSA) is 32.5 Å². The third-order valence-corrected chi connectivity index (χ3v) is 4.26. The van der Waals surface area contributed by atoms with Crippen LogP contribution >= 0.6 is 23.2 Å². The lowest BCUT2D eigenvalue weighted by Crippen LogP contribution is -2.45. The van der Waals surface area contributed by atoms with E-state index in [1.54, 1.807) is 6.07 Å². The number of benzene rings is 1. The molecule has 3 nitrogen and oxygen atoms in total. The highest BCUT2D eigenvalue weighted by Gasteiger charge is 2.23. The van der Waals surface area contributed by atoms with E-state index in [-0.39, 0.29) is 0 Å². The second-order valence-electron chi connectivity index (χ2n) is 5.03. The van der Waals surface area contributed by atoms with E-state index in [0.29, 0.717) is 21.8 Å². The molecule has 100 valence electrons. The summed E-state index contributed by atoms with van der Waals surface area (Å²) in [5.74, 6) is 0. The van der Waals surface area contributed by atoms with Crippen LogP contribution in [-0.2, 0) is 0 Å². The van der Waals surface area contributed by atoms with E-state index in [4.69, 9.17) is 28.9 Å². The first-order chi connectivity index (χ1) is 8.49. The van der Waals surface area contributed by atoms with Crippen LogP contribution in [0.2, 0.25) is 10.0 Å². The van der Waals surface area contributed by atoms with Gasteiger partial charge >= 0.3 is 0 Å². The predicted octanol–water partition coefficient (Wildman–Crippen LogP) is 3.11. The van der Waals surface area contributed by atoms with Crippen molar-refractivity contribution in [2.45, 2.75) is 18.9 Å². The number of piperidine rings is 1. The summed E-state index contributed by atoms with van der Waals surface area (Å²) >= 11 is 12.0. The molecule has 1 saturated heterocycles. The Labute approximate surface area is 118 Å². The molecular formula is C13H19Cl2N3. The Balaban J connectivity index is 2.23. The Morgan fingerprint density at radius 2 is 1.94 bits per heavy atom. The molecule has 1 atom stereocenters. The first-order valence-corrected chi connectivity index (χ1v) is 6.90. The molecule has 1 unspecified atom stereocenters. The van der Waals surface area contributed by atoms with Crippen molar-refractivity contribution in [1.29, 1.82) is 0 Å². The van der Waals surface area contributed by atoms with Gasteiger partial charge in [-0.15, -0.1) is 0 Å². The van der Waals surface area contributed by atoms with Crippen molar-refractivity contribution in [3.8, 4) is 0 Å². The molecule has 18 heavy (non-hydrogen) atoms. The van der Waals surface area contributed by atoms with Crippen LogP contribution in [-0.4, -0.2) is 38.1 Å². The van der Waals surface area contributed by atoms with Gasteiger partial charge in [-0.1, -0.05) is 23.2 Å². The van der Waals surface area contributed by atoms with Crippen molar-refractivity contribution in [1.82, 2.24) is 4.90 Å². The Morgan fingerprint density at radius 3 is 2.61 bits per heavy atom. The second-order valence-corrected chi connectivity index (χ2v) is 5.85. The van der Waals surface area contributed by atoms with Crippen molar-refractivity contribution in [3.63, 3.8) is 0 Å². The standard InChI is InChI=1S/C13H19Cl2N3/c1-17(2)9-4-3-5-18(8-9)13-7-11(15)10(14)6-12(13)16/h6-7,9H,3-5,8,16H2,1-2H3. The normalized spacial score (nSPS) is 20.5.